The predicted octanol–water partition coefficient (Wildman–Crippen LogP) is -23.6. The molecule has 60 nitrogen and oxygen atoms in total. The molecular formula is C76H129N5O55. The summed E-state index contributed by atoms with van der Waals surface area (Å²) in [5, 5.41) is 347. The van der Waals surface area contributed by atoms with E-state index in [-0.39, 0.29) is 0 Å². The second kappa shape index (κ2) is 50.2. The average Bonchev–Trinajstić information content (AvgIpc) is 0.764. The highest BCUT2D eigenvalue weighted by atomic mass is 16.8. The highest BCUT2D eigenvalue weighted by molar-refractivity contribution is 5.75. The first-order chi connectivity index (χ1) is 64.3. The Balaban J connectivity index is 0.826. The topological polar surface area (TPSA) is 937 Å². The number of ether oxygens (including phenoxy) is 20. The van der Waals surface area contributed by atoms with Crippen LogP contribution in [-0.4, -0.2) is 587 Å². The molecule has 788 valence electrons. The van der Waals surface area contributed by atoms with Crippen molar-refractivity contribution < 1.29 is 272 Å². The third kappa shape index (κ3) is 25.5. The van der Waals surface area contributed by atoms with Crippen LogP contribution in [-0.2, 0) is 119 Å². The van der Waals surface area contributed by atoms with E-state index in [1.165, 1.54) is 6.92 Å². The van der Waals surface area contributed by atoms with Gasteiger partial charge in [0, 0.05) is 34.6 Å². The molecule has 0 aromatic rings. The van der Waals surface area contributed by atoms with Crippen LogP contribution < -0.4 is 26.6 Å². The molecule has 0 unspecified atom stereocenters. The van der Waals surface area contributed by atoms with Gasteiger partial charge in [0.25, 0.3) is 0 Å². The molecule has 0 radical (unpaired) electrons. The zero-order chi connectivity index (χ0) is 101. The first kappa shape index (κ1) is 113. The van der Waals surface area contributed by atoms with Crippen molar-refractivity contribution in [3.63, 3.8) is 0 Å². The summed E-state index contributed by atoms with van der Waals surface area (Å²) >= 11 is 0. The molecule has 0 bridgehead atoms. The van der Waals surface area contributed by atoms with Gasteiger partial charge < -0.3 is 275 Å². The molecular weight excluding hydrogens is 1860 g/mol. The molecule has 5 amide bonds. The first-order valence-electron chi connectivity index (χ1n) is 43.4. The van der Waals surface area contributed by atoms with E-state index >= 15 is 0 Å². The second-order valence-corrected chi connectivity index (χ2v) is 34.2. The molecule has 10 aliphatic heterocycles. The maximum absolute atomic E-state index is 13.1. The molecule has 0 spiro atoms. The molecule has 0 aromatic heterocycles. The Morgan fingerprint density at radius 3 is 0.779 bits per heavy atom. The molecule has 10 fully saturated rings. The van der Waals surface area contributed by atoms with Gasteiger partial charge in [-0.1, -0.05) is 0 Å². The van der Waals surface area contributed by atoms with Gasteiger partial charge >= 0.3 is 0 Å². The molecule has 0 aromatic carbocycles. The van der Waals surface area contributed by atoms with Crippen LogP contribution in [0.25, 0.3) is 0 Å². The Morgan fingerprint density at radius 2 is 0.500 bits per heavy atom. The Labute approximate surface area is 771 Å². The molecule has 54 atom stereocenters. The van der Waals surface area contributed by atoms with Crippen molar-refractivity contribution in [2.75, 3.05) is 72.7 Å². The quantitative estimate of drug-likeness (QED) is 0.0272. The molecule has 35 N–H and O–H groups in total. The lowest BCUT2D eigenvalue weighted by Gasteiger charge is -2.51. The van der Waals surface area contributed by atoms with Crippen molar-refractivity contribution in [3.05, 3.63) is 0 Å². The highest BCUT2D eigenvalue weighted by Crippen LogP contribution is 2.42. The van der Waals surface area contributed by atoms with Crippen molar-refractivity contribution in [1.29, 1.82) is 0 Å². The standard InChI is InChI=1S/C76H129N5O55/c1-18-39(99)50(110)52(112)71(117-18)136-66-51(111)41(101)26(9-84)122-76(66)131-61-34(17-92)126-70(38(49(61)109)81-23(6)97)135-65-45(105)30(13-88)121-75(56(65)116)130-60-33(16-91)125-69(37(48(60)108)80-22(5)96)134-64-44(104)29(12-87)120-74(55(64)115)129-59-32(15-90)124-68(36(47(59)107)79-21(4)95)133-63-43(103)28(11-86)119-73(54(63)114)128-58-31(14-89)123-67(35(46(58)106)78-20(3)94)132-62-42(102)27(10-85)118-72(53(62)113)127-57(40(100)25(98)8-83)24(7-82)77-19(2)93/h18,24-76,82-92,98-116H,7-17H2,1-6H3,(H,77,93)(H,78,94)(H,79,95)(H,80,96)(H,81,97)/t18-,24-,25+,26+,27+,28+,29+,30+,31+,32+,33+,34+,35+,36+,37+,38+,39+,40-,41-,42-,43-,44-,45-,46+,47+,48+,49+,50+,51-,52-,53+,54+,55+,56+,57+,58+,59+,60+,61+,62-,63-,64-,65-,66+,67-,68-,69-,70-,71-,72-,73-,74-,75-,76-/m0/s1. The van der Waals surface area contributed by atoms with E-state index in [4.69, 9.17) is 94.7 Å². The Morgan fingerprint density at radius 1 is 0.250 bits per heavy atom. The van der Waals surface area contributed by atoms with Crippen LogP contribution in [0.3, 0.4) is 0 Å². The van der Waals surface area contributed by atoms with Crippen molar-refractivity contribution in [3.8, 4) is 0 Å². The number of hydrogen-bond acceptors (Lipinski definition) is 55. The summed E-state index contributed by atoms with van der Waals surface area (Å²) in [6.45, 7) is -6.55. The van der Waals surface area contributed by atoms with E-state index in [9.17, 15) is 177 Å². The number of carbonyl (C=O) groups is 5. The minimum Gasteiger partial charge on any atom is -0.394 e. The summed E-state index contributed by atoms with van der Waals surface area (Å²) in [5.41, 5.74) is 0. The van der Waals surface area contributed by atoms with Gasteiger partial charge in [0.05, 0.1) is 84.8 Å². The minimum atomic E-state index is -2.43. The summed E-state index contributed by atoms with van der Waals surface area (Å²) < 4.78 is 118. The van der Waals surface area contributed by atoms with E-state index in [2.05, 4.69) is 26.6 Å². The van der Waals surface area contributed by atoms with Gasteiger partial charge in [-0.3, -0.25) is 24.0 Å². The van der Waals surface area contributed by atoms with Gasteiger partial charge in [-0.05, 0) is 6.92 Å². The fraction of sp³-hybridized carbons (Fsp3) is 0.934. The van der Waals surface area contributed by atoms with Crippen LogP contribution in [0.4, 0.5) is 0 Å². The van der Waals surface area contributed by atoms with Crippen molar-refractivity contribution in [1.82, 2.24) is 26.6 Å². The number of carbonyl (C=O) groups excluding carboxylic acids is 5. The molecule has 0 aliphatic carbocycles. The van der Waals surface area contributed by atoms with E-state index in [1.807, 2.05) is 0 Å². The lowest BCUT2D eigenvalue weighted by atomic mass is 9.93. The van der Waals surface area contributed by atoms with E-state index in [0.29, 0.717) is 0 Å². The minimum absolute atomic E-state index is 0.813. The summed E-state index contributed by atoms with van der Waals surface area (Å²) in [5.74, 6) is -4.70. The van der Waals surface area contributed by atoms with Gasteiger partial charge in [-0.25, -0.2) is 0 Å². The van der Waals surface area contributed by atoms with Crippen LogP contribution >= 0.6 is 0 Å². The van der Waals surface area contributed by atoms with Gasteiger partial charge in [0.15, 0.2) is 62.9 Å². The number of nitrogens with one attached hydrogen (secondary N) is 5. The summed E-state index contributed by atoms with van der Waals surface area (Å²) in [6, 6.07) is -9.51. The third-order valence-electron chi connectivity index (χ3n) is 24.6. The molecule has 10 rings (SSSR count). The third-order valence-corrected chi connectivity index (χ3v) is 24.6. The van der Waals surface area contributed by atoms with E-state index < -0.39 is 433 Å². The van der Waals surface area contributed by atoms with Crippen LogP contribution in [0.15, 0.2) is 0 Å². The Kier molecular flexibility index (Phi) is 41.9. The normalized spacial score (nSPS) is 46.7. The zero-order valence-electron chi connectivity index (χ0n) is 73.6. The molecule has 60 heteroatoms. The van der Waals surface area contributed by atoms with Gasteiger partial charge in [0.2, 0.25) is 29.5 Å². The van der Waals surface area contributed by atoms with Gasteiger partial charge in [-0.2, -0.15) is 0 Å². The van der Waals surface area contributed by atoms with Crippen molar-refractivity contribution in [2.24, 2.45) is 0 Å². The van der Waals surface area contributed by atoms with Gasteiger partial charge in [0.1, 0.15) is 256 Å². The molecule has 136 heavy (non-hydrogen) atoms. The summed E-state index contributed by atoms with van der Waals surface area (Å²) in [7, 11) is 0. The molecule has 0 saturated carbocycles. The lowest BCUT2D eigenvalue weighted by molar-refractivity contribution is -0.393. The number of aliphatic hydroxyl groups is 30. The SMILES string of the molecule is CC(=O)N[C@H]1[C@H](O[C@H]2[C@@H](O)[C@@H](CO)O[C@@H](O[C@@H]([C@@H](O)[C@H](O)CO)[C@H](CO)NC(C)=O)[C@@H]2O)O[C@H](CO)[C@@H](O[C@@H]2O[C@H](CO)[C@H](O)[C@H](O[C@@H]3O[C@H](CO)[C@@H](O[C@@H]4O[C@H](CO)[C@H](O)[C@H](O[C@@H]5O[C@H](CO)[C@@H](O[C@@H]6O[C@H](CO)[C@H](O)[C@H](O[C@@H]7O[C@H](CO)[C@@H](O[C@@H]8O[C@H](CO)[C@H](O)[C@H](O)[C@H]8O[C@@H]8O[C@@H](C)[C@@H](O)[C@@H](O)[C@@H]8O)[C@H](O)[C@H]7NC(C)=O)[C@H]6O)[C@H](O)[C@H]5NC(C)=O)[C@H]4O)[C@H](O)[C@H]3NC(C)=O)[C@H]2O)[C@@H]1O. The van der Waals surface area contributed by atoms with E-state index in [0.717, 1.165) is 34.6 Å². The first-order valence-corrected chi connectivity index (χ1v) is 43.4. The van der Waals surface area contributed by atoms with Crippen molar-refractivity contribution >= 4 is 29.5 Å². The largest absolute Gasteiger partial charge is 0.394 e. The van der Waals surface area contributed by atoms with Crippen LogP contribution in [0.1, 0.15) is 41.5 Å². The predicted molar refractivity (Wildman–Crippen MR) is 421 cm³/mol. The monoisotopic (exact) mass is 1990 g/mol. The highest BCUT2D eigenvalue weighted by Gasteiger charge is 2.63. The number of aliphatic hydroxyl groups excluding tert-OH is 30. The average molecular weight is 1990 g/mol. The number of hydrogen-bond donors (Lipinski definition) is 35. The molecule has 10 aliphatic rings. The second-order valence-electron chi connectivity index (χ2n) is 34.2. The zero-order valence-corrected chi connectivity index (χ0v) is 73.6. The fourth-order valence-corrected chi connectivity index (χ4v) is 17.5. The maximum Gasteiger partial charge on any atom is 0.217 e. The Hall–Kier alpha value is -4.65. The number of amides is 5. The summed E-state index contributed by atoms with van der Waals surface area (Å²) in [6.07, 6.45) is -102. The summed E-state index contributed by atoms with van der Waals surface area (Å²) in [4.78, 5) is 64.2. The van der Waals surface area contributed by atoms with Gasteiger partial charge in [-0.15, -0.1) is 0 Å². The number of rotatable bonds is 39. The van der Waals surface area contributed by atoms with Crippen LogP contribution in [0.2, 0.25) is 0 Å². The Bertz CT molecular complexity index is 3710. The molecule has 10 heterocycles. The maximum atomic E-state index is 13.1. The molecule has 10 saturated heterocycles. The fourth-order valence-electron chi connectivity index (χ4n) is 17.5. The van der Waals surface area contributed by atoms with E-state index in [1.54, 1.807) is 0 Å². The smallest absolute Gasteiger partial charge is 0.217 e. The lowest BCUT2D eigenvalue weighted by Crippen LogP contribution is -2.71. The van der Waals surface area contributed by atoms with Crippen LogP contribution in [0, 0.1) is 0 Å². The van der Waals surface area contributed by atoms with Crippen molar-refractivity contribution in [2.45, 2.75) is 373 Å². The van der Waals surface area contributed by atoms with Crippen LogP contribution in [0.5, 0.6) is 0 Å².